The summed E-state index contributed by atoms with van der Waals surface area (Å²) in [6, 6.07) is 0. The van der Waals surface area contributed by atoms with Crippen molar-refractivity contribution in [3.05, 3.63) is 29.2 Å². The van der Waals surface area contributed by atoms with Crippen molar-refractivity contribution in [1.82, 2.24) is 0 Å². The van der Waals surface area contributed by atoms with Crippen molar-refractivity contribution in [1.29, 1.82) is 0 Å². The number of fused-ring (bicyclic) bond motifs is 1. The molecule has 58 valence electrons. The molecule has 0 aromatic carbocycles. The molecule has 0 saturated heterocycles. The van der Waals surface area contributed by atoms with Crippen LogP contribution in [0.1, 0.15) is 36.1 Å². The summed E-state index contributed by atoms with van der Waals surface area (Å²) in [4.78, 5) is 0. The average Bonchev–Trinajstić information content (AvgIpc) is 2.35. The zero-order valence-corrected chi connectivity index (χ0v) is 6.92. The Balaban J connectivity index is 2.57. The van der Waals surface area contributed by atoms with Crippen LogP contribution in [0.3, 0.4) is 0 Å². The minimum absolute atomic E-state index is 0.559. The van der Waals surface area contributed by atoms with Crippen molar-refractivity contribution in [2.75, 3.05) is 0 Å². The molecule has 0 spiro atoms. The molecule has 1 heterocycles. The predicted molar refractivity (Wildman–Crippen MR) is 45.5 cm³/mol. The van der Waals surface area contributed by atoms with Crippen LogP contribution in [-0.2, 0) is 0 Å². The molecule has 0 aliphatic heterocycles. The molecule has 0 unspecified atom stereocenters. The molecule has 1 aromatic rings. The van der Waals surface area contributed by atoms with E-state index in [1.807, 2.05) is 6.26 Å². The highest BCUT2D eigenvalue weighted by Crippen LogP contribution is 2.32. The lowest BCUT2D eigenvalue weighted by Crippen LogP contribution is -1.96. The third-order valence-corrected chi connectivity index (χ3v) is 2.27. The summed E-state index contributed by atoms with van der Waals surface area (Å²) < 4.78 is 5.45. The summed E-state index contributed by atoms with van der Waals surface area (Å²) in [5, 5.41) is 0. The molecule has 0 radical (unpaired) electrons. The second-order valence-electron chi connectivity index (χ2n) is 3.24. The molecular formula is C10H12O. The fourth-order valence-electron chi connectivity index (χ4n) is 1.57. The van der Waals surface area contributed by atoms with Gasteiger partial charge in [-0.2, -0.15) is 0 Å². The first-order valence-electron chi connectivity index (χ1n) is 4.03. The molecule has 0 amide bonds. The zero-order valence-electron chi connectivity index (χ0n) is 6.92. The van der Waals surface area contributed by atoms with Gasteiger partial charge in [-0.25, -0.2) is 0 Å². The molecule has 0 fully saturated rings. The van der Waals surface area contributed by atoms with E-state index in [1.54, 1.807) is 0 Å². The summed E-state index contributed by atoms with van der Waals surface area (Å²) in [6.45, 7) is 4.29. The first-order valence-corrected chi connectivity index (χ1v) is 4.03. The molecule has 0 N–H and O–H groups in total. The Bertz CT molecular complexity index is 294. The van der Waals surface area contributed by atoms with Crippen LogP contribution in [0.5, 0.6) is 0 Å². The van der Waals surface area contributed by atoms with E-state index in [0.717, 1.165) is 12.2 Å². The van der Waals surface area contributed by atoms with Crippen molar-refractivity contribution >= 4 is 6.08 Å². The third-order valence-electron chi connectivity index (χ3n) is 2.27. The van der Waals surface area contributed by atoms with E-state index in [0.29, 0.717) is 5.92 Å². The molecule has 1 aliphatic rings. The smallest absolute Gasteiger partial charge is 0.114 e. The summed E-state index contributed by atoms with van der Waals surface area (Å²) in [5.41, 5.74) is 2.55. The van der Waals surface area contributed by atoms with Crippen LogP contribution >= 0.6 is 0 Å². The van der Waals surface area contributed by atoms with Gasteiger partial charge in [0.2, 0.25) is 0 Å². The summed E-state index contributed by atoms with van der Waals surface area (Å²) >= 11 is 0. The lowest BCUT2D eigenvalue weighted by atomic mass is 9.94. The molecule has 1 atom stereocenters. The van der Waals surface area contributed by atoms with Gasteiger partial charge in [-0.3, -0.25) is 0 Å². The van der Waals surface area contributed by atoms with Crippen molar-refractivity contribution in [2.24, 2.45) is 0 Å². The number of furan rings is 1. The minimum Gasteiger partial charge on any atom is -0.468 e. The fourth-order valence-corrected chi connectivity index (χ4v) is 1.57. The first kappa shape index (κ1) is 6.71. The van der Waals surface area contributed by atoms with Gasteiger partial charge in [-0.1, -0.05) is 19.1 Å². The lowest BCUT2D eigenvalue weighted by molar-refractivity contribution is 0.472. The maximum Gasteiger partial charge on any atom is 0.114 e. The molecular weight excluding hydrogens is 136 g/mol. The third kappa shape index (κ3) is 0.917. The molecule has 0 saturated carbocycles. The van der Waals surface area contributed by atoms with E-state index in [1.165, 1.54) is 11.1 Å². The standard InChI is InChI=1S/C10H12O/c1-7-4-3-5-9-8(2)6-11-10(7)9/h3,5-7H,4H2,1-2H3/t7-/m0/s1. The SMILES string of the molecule is Cc1coc2c1C=CC[C@@H]2C. The van der Waals surface area contributed by atoms with Crippen molar-refractivity contribution in [2.45, 2.75) is 26.2 Å². The fraction of sp³-hybridized carbons (Fsp3) is 0.400. The molecule has 1 heteroatoms. The van der Waals surface area contributed by atoms with Crippen LogP contribution in [0.15, 0.2) is 16.8 Å². The second-order valence-corrected chi connectivity index (χ2v) is 3.24. The van der Waals surface area contributed by atoms with Crippen molar-refractivity contribution in [3.8, 4) is 0 Å². The Morgan fingerprint density at radius 2 is 2.36 bits per heavy atom. The zero-order chi connectivity index (χ0) is 7.84. The van der Waals surface area contributed by atoms with Crippen LogP contribution in [-0.4, -0.2) is 0 Å². The number of hydrogen-bond donors (Lipinski definition) is 0. The summed E-state index contributed by atoms with van der Waals surface area (Å²) in [5.74, 6) is 1.72. The second kappa shape index (κ2) is 2.26. The van der Waals surface area contributed by atoms with Crippen molar-refractivity contribution < 1.29 is 4.42 Å². The minimum atomic E-state index is 0.559. The summed E-state index contributed by atoms with van der Waals surface area (Å²) in [7, 11) is 0. The topological polar surface area (TPSA) is 13.1 Å². The number of rotatable bonds is 0. The largest absolute Gasteiger partial charge is 0.468 e. The number of allylic oxidation sites excluding steroid dienone is 1. The van der Waals surface area contributed by atoms with Crippen LogP contribution in [0.2, 0.25) is 0 Å². The van der Waals surface area contributed by atoms with Gasteiger partial charge in [0, 0.05) is 11.5 Å². The van der Waals surface area contributed by atoms with E-state index in [9.17, 15) is 0 Å². The van der Waals surface area contributed by atoms with Gasteiger partial charge in [0.05, 0.1) is 6.26 Å². The molecule has 1 nitrogen and oxygen atoms in total. The van der Waals surface area contributed by atoms with Gasteiger partial charge in [-0.05, 0) is 18.9 Å². The van der Waals surface area contributed by atoms with Gasteiger partial charge < -0.3 is 4.42 Å². The Morgan fingerprint density at radius 3 is 3.09 bits per heavy atom. The maximum atomic E-state index is 5.45. The molecule has 11 heavy (non-hydrogen) atoms. The van der Waals surface area contributed by atoms with Crippen LogP contribution in [0.25, 0.3) is 6.08 Å². The van der Waals surface area contributed by atoms with Gasteiger partial charge in [0.1, 0.15) is 5.76 Å². The van der Waals surface area contributed by atoms with Gasteiger partial charge >= 0.3 is 0 Å². The molecule has 0 bridgehead atoms. The van der Waals surface area contributed by atoms with Gasteiger partial charge in [-0.15, -0.1) is 0 Å². The van der Waals surface area contributed by atoms with E-state index >= 15 is 0 Å². The van der Waals surface area contributed by atoms with E-state index in [4.69, 9.17) is 4.42 Å². The highest BCUT2D eigenvalue weighted by Gasteiger charge is 2.17. The van der Waals surface area contributed by atoms with E-state index < -0.39 is 0 Å². The lowest BCUT2D eigenvalue weighted by Gasteiger charge is -2.11. The molecule has 1 aliphatic carbocycles. The average molecular weight is 148 g/mol. The van der Waals surface area contributed by atoms with Crippen LogP contribution in [0.4, 0.5) is 0 Å². The molecule has 1 aromatic heterocycles. The quantitative estimate of drug-likeness (QED) is 0.551. The number of hydrogen-bond acceptors (Lipinski definition) is 1. The summed E-state index contributed by atoms with van der Waals surface area (Å²) in [6.07, 6.45) is 7.33. The Hall–Kier alpha value is -0.980. The number of aryl methyl sites for hydroxylation is 1. The van der Waals surface area contributed by atoms with E-state index in [2.05, 4.69) is 26.0 Å². The Labute approximate surface area is 66.7 Å². The molecule has 2 rings (SSSR count). The highest BCUT2D eigenvalue weighted by molar-refractivity contribution is 5.58. The monoisotopic (exact) mass is 148 g/mol. The van der Waals surface area contributed by atoms with Gasteiger partial charge in [0.15, 0.2) is 0 Å². The van der Waals surface area contributed by atoms with E-state index in [-0.39, 0.29) is 0 Å². The highest BCUT2D eigenvalue weighted by atomic mass is 16.3. The normalized spacial score (nSPS) is 21.8. The Kier molecular flexibility index (Phi) is 1.38. The first-order chi connectivity index (χ1) is 5.29. The Morgan fingerprint density at radius 1 is 1.55 bits per heavy atom. The van der Waals surface area contributed by atoms with Crippen molar-refractivity contribution in [3.63, 3.8) is 0 Å². The predicted octanol–water partition coefficient (Wildman–Crippen LogP) is 3.11. The maximum absolute atomic E-state index is 5.45. The van der Waals surface area contributed by atoms with Crippen LogP contribution < -0.4 is 0 Å². The van der Waals surface area contributed by atoms with Crippen LogP contribution in [0, 0.1) is 6.92 Å². The van der Waals surface area contributed by atoms with Gasteiger partial charge in [0.25, 0.3) is 0 Å².